The van der Waals surface area contributed by atoms with Crippen molar-refractivity contribution in [2.24, 2.45) is 0 Å². The smallest absolute Gasteiger partial charge is 0.318 e. The van der Waals surface area contributed by atoms with Crippen molar-refractivity contribution in [1.29, 1.82) is 0 Å². The minimum absolute atomic E-state index is 0.0117. The lowest BCUT2D eigenvalue weighted by atomic mass is 10.1. The van der Waals surface area contributed by atoms with E-state index in [1.54, 1.807) is 19.1 Å². The summed E-state index contributed by atoms with van der Waals surface area (Å²) < 4.78 is 40.4. The van der Waals surface area contributed by atoms with Crippen molar-refractivity contribution in [1.82, 2.24) is 24.0 Å². The average Bonchev–Trinajstić information content (AvgIpc) is 3.10. The molecule has 9 nitrogen and oxygen atoms in total. The quantitative estimate of drug-likeness (QED) is 0.658. The number of nitrogens with two attached hydrogens (primary N) is 1. The molecule has 1 aromatic carbocycles. The van der Waals surface area contributed by atoms with E-state index in [0.29, 0.717) is 11.0 Å². The summed E-state index contributed by atoms with van der Waals surface area (Å²) in [5, 5.41) is 3.25. The SMILES string of the molecule is Cc1nc(OC2CCNCC2)nc(N)c1S(=O)(=O)c1cccc2nsnc12. The Morgan fingerprint density at radius 2 is 2.00 bits per heavy atom. The molecule has 3 heterocycles. The van der Waals surface area contributed by atoms with Gasteiger partial charge in [-0.25, -0.2) is 8.42 Å². The fourth-order valence-electron chi connectivity index (χ4n) is 3.11. The van der Waals surface area contributed by atoms with Crippen LogP contribution in [0.15, 0.2) is 28.0 Å². The lowest BCUT2D eigenvalue weighted by Gasteiger charge is -2.23. The molecule has 0 saturated carbocycles. The fraction of sp³-hybridized carbons (Fsp3) is 0.375. The van der Waals surface area contributed by atoms with Crippen molar-refractivity contribution in [2.75, 3.05) is 18.8 Å². The number of hydrogen-bond acceptors (Lipinski definition) is 10. The van der Waals surface area contributed by atoms with Crippen LogP contribution in [-0.2, 0) is 9.84 Å². The van der Waals surface area contributed by atoms with E-state index in [2.05, 4.69) is 24.0 Å². The normalized spacial score (nSPS) is 15.9. The first-order valence-corrected chi connectivity index (χ1v) is 10.7. The van der Waals surface area contributed by atoms with Gasteiger partial charge in [0.05, 0.1) is 17.4 Å². The lowest BCUT2D eigenvalue weighted by Crippen LogP contribution is -2.34. The zero-order valence-electron chi connectivity index (χ0n) is 14.5. The molecule has 0 aliphatic carbocycles. The Labute approximate surface area is 160 Å². The number of benzene rings is 1. The van der Waals surface area contributed by atoms with Gasteiger partial charge in [0, 0.05) is 0 Å². The second kappa shape index (κ2) is 6.98. The molecule has 2 aromatic heterocycles. The van der Waals surface area contributed by atoms with E-state index in [1.165, 1.54) is 6.07 Å². The molecule has 142 valence electrons. The number of aryl methyl sites for hydroxylation is 1. The summed E-state index contributed by atoms with van der Waals surface area (Å²) in [7, 11) is -3.96. The third-order valence-corrected chi connectivity index (χ3v) is 6.90. The maximum absolute atomic E-state index is 13.2. The first-order chi connectivity index (χ1) is 13.0. The Bertz CT molecular complexity index is 1070. The van der Waals surface area contributed by atoms with Crippen LogP contribution in [0.1, 0.15) is 18.5 Å². The molecule has 3 N–H and O–H groups in total. The molecule has 0 amide bonds. The van der Waals surface area contributed by atoms with Gasteiger partial charge in [-0.3, -0.25) is 0 Å². The van der Waals surface area contributed by atoms with E-state index in [-0.39, 0.29) is 33.4 Å². The van der Waals surface area contributed by atoms with Crippen LogP contribution in [0.2, 0.25) is 0 Å². The maximum atomic E-state index is 13.2. The molecule has 0 spiro atoms. The third-order valence-electron chi connectivity index (χ3n) is 4.41. The summed E-state index contributed by atoms with van der Waals surface area (Å²) in [6, 6.07) is 4.92. The predicted molar refractivity (Wildman–Crippen MR) is 101 cm³/mol. The van der Waals surface area contributed by atoms with E-state index in [9.17, 15) is 8.42 Å². The largest absolute Gasteiger partial charge is 0.460 e. The summed E-state index contributed by atoms with van der Waals surface area (Å²) in [6.07, 6.45) is 1.66. The van der Waals surface area contributed by atoms with Crippen molar-refractivity contribution >= 4 is 38.4 Å². The average molecular weight is 406 g/mol. The van der Waals surface area contributed by atoms with Gasteiger partial charge in [-0.1, -0.05) is 6.07 Å². The van der Waals surface area contributed by atoms with Gasteiger partial charge >= 0.3 is 6.01 Å². The van der Waals surface area contributed by atoms with Crippen LogP contribution < -0.4 is 15.8 Å². The number of piperidine rings is 1. The topological polar surface area (TPSA) is 133 Å². The molecule has 27 heavy (non-hydrogen) atoms. The number of hydrogen-bond donors (Lipinski definition) is 2. The molecule has 11 heteroatoms. The number of nitrogen functional groups attached to an aromatic ring is 1. The summed E-state index contributed by atoms with van der Waals surface area (Å²) in [5.74, 6) is -0.133. The highest BCUT2D eigenvalue weighted by Crippen LogP contribution is 2.32. The molecule has 0 unspecified atom stereocenters. The molecule has 0 radical (unpaired) electrons. The van der Waals surface area contributed by atoms with Crippen LogP contribution in [0.4, 0.5) is 5.82 Å². The minimum Gasteiger partial charge on any atom is -0.460 e. The van der Waals surface area contributed by atoms with Crippen LogP contribution >= 0.6 is 11.7 Å². The number of sulfone groups is 1. The van der Waals surface area contributed by atoms with Crippen LogP contribution in [0.25, 0.3) is 11.0 Å². The van der Waals surface area contributed by atoms with E-state index >= 15 is 0 Å². The van der Waals surface area contributed by atoms with Crippen molar-refractivity contribution in [3.63, 3.8) is 0 Å². The van der Waals surface area contributed by atoms with E-state index in [4.69, 9.17) is 10.5 Å². The van der Waals surface area contributed by atoms with Gasteiger partial charge in [-0.05, 0) is 45.0 Å². The number of nitrogens with zero attached hydrogens (tertiary/aromatic N) is 4. The van der Waals surface area contributed by atoms with Gasteiger partial charge < -0.3 is 15.8 Å². The molecule has 1 aliphatic heterocycles. The minimum atomic E-state index is -3.96. The van der Waals surface area contributed by atoms with Crippen molar-refractivity contribution < 1.29 is 13.2 Å². The molecule has 1 fully saturated rings. The standard InChI is InChI=1S/C16H18N6O3S2/c1-9-14(15(17)20-16(19-9)25-10-5-7-18-8-6-10)27(23,24)12-4-2-3-11-13(12)22-26-21-11/h2-4,10,18H,5-8H2,1H3,(H2,17,19,20). The van der Waals surface area contributed by atoms with Crippen molar-refractivity contribution in [3.05, 3.63) is 23.9 Å². The molecule has 0 atom stereocenters. The fourth-order valence-corrected chi connectivity index (χ4v) is 5.36. The van der Waals surface area contributed by atoms with E-state index in [1.807, 2.05) is 0 Å². The van der Waals surface area contributed by atoms with Crippen LogP contribution in [0, 0.1) is 6.92 Å². The Hall–Kier alpha value is -2.37. The number of fused-ring (bicyclic) bond motifs is 1. The summed E-state index contributed by atoms with van der Waals surface area (Å²) in [5.41, 5.74) is 7.09. The second-order valence-electron chi connectivity index (χ2n) is 6.26. The molecule has 3 aromatic rings. The van der Waals surface area contributed by atoms with Crippen LogP contribution in [0.5, 0.6) is 6.01 Å². The van der Waals surface area contributed by atoms with Gasteiger partial charge in [-0.15, -0.1) is 0 Å². The van der Waals surface area contributed by atoms with Crippen LogP contribution in [0.3, 0.4) is 0 Å². The number of rotatable bonds is 4. The molecular formula is C16H18N6O3S2. The van der Waals surface area contributed by atoms with Gasteiger partial charge in [0.2, 0.25) is 9.84 Å². The number of aromatic nitrogens is 4. The molecule has 4 rings (SSSR count). The second-order valence-corrected chi connectivity index (χ2v) is 8.65. The molecular weight excluding hydrogens is 388 g/mol. The van der Waals surface area contributed by atoms with Crippen molar-refractivity contribution in [3.8, 4) is 6.01 Å². The van der Waals surface area contributed by atoms with Gasteiger partial charge in [0.15, 0.2) is 0 Å². The van der Waals surface area contributed by atoms with Gasteiger partial charge in [0.25, 0.3) is 0 Å². The number of ether oxygens (including phenoxy) is 1. The Kier molecular flexibility index (Phi) is 4.66. The Balaban J connectivity index is 1.74. The van der Waals surface area contributed by atoms with Gasteiger partial charge in [-0.2, -0.15) is 18.7 Å². The predicted octanol–water partition coefficient (Wildman–Crippen LogP) is 1.34. The van der Waals surface area contributed by atoms with Crippen molar-refractivity contribution in [2.45, 2.75) is 35.7 Å². The first kappa shape index (κ1) is 18.0. The molecule has 1 aliphatic rings. The summed E-state index contributed by atoms with van der Waals surface area (Å²) in [6.45, 7) is 3.30. The zero-order chi connectivity index (χ0) is 19.0. The highest BCUT2D eigenvalue weighted by atomic mass is 32.2. The third kappa shape index (κ3) is 3.33. The molecule has 1 saturated heterocycles. The highest BCUT2D eigenvalue weighted by Gasteiger charge is 2.29. The number of anilines is 1. The monoisotopic (exact) mass is 406 g/mol. The maximum Gasteiger partial charge on any atom is 0.318 e. The Morgan fingerprint density at radius 3 is 2.74 bits per heavy atom. The summed E-state index contributed by atoms with van der Waals surface area (Å²) >= 11 is 0.957. The summed E-state index contributed by atoms with van der Waals surface area (Å²) in [4.78, 5) is 8.26. The van der Waals surface area contributed by atoms with E-state index in [0.717, 1.165) is 37.7 Å². The first-order valence-electron chi connectivity index (χ1n) is 8.44. The number of nitrogens with one attached hydrogen (secondary N) is 1. The Morgan fingerprint density at radius 1 is 1.22 bits per heavy atom. The lowest BCUT2D eigenvalue weighted by molar-refractivity contribution is 0.148. The molecule has 0 bridgehead atoms. The van der Waals surface area contributed by atoms with Crippen LogP contribution in [-0.4, -0.2) is 46.3 Å². The van der Waals surface area contributed by atoms with Gasteiger partial charge in [0.1, 0.15) is 32.7 Å². The van der Waals surface area contributed by atoms with E-state index < -0.39 is 9.84 Å². The zero-order valence-corrected chi connectivity index (χ0v) is 16.2. The highest BCUT2D eigenvalue weighted by molar-refractivity contribution is 7.92.